The van der Waals surface area contributed by atoms with Crippen molar-refractivity contribution in [3.05, 3.63) is 258 Å². The summed E-state index contributed by atoms with van der Waals surface area (Å²) >= 11 is 0. The lowest BCUT2D eigenvalue weighted by atomic mass is 9.76. The summed E-state index contributed by atoms with van der Waals surface area (Å²) in [6, 6.07) is 68.6. The van der Waals surface area contributed by atoms with Gasteiger partial charge in [-0.3, -0.25) is 4.99 Å². The van der Waals surface area contributed by atoms with Crippen molar-refractivity contribution in [1.82, 2.24) is 4.98 Å². The minimum absolute atomic E-state index is 0.0531. The van der Waals surface area contributed by atoms with Crippen molar-refractivity contribution < 1.29 is 0 Å². The van der Waals surface area contributed by atoms with Gasteiger partial charge in [-0.2, -0.15) is 0 Å². The maximum atomic E-state index is 5.52. The third kappa shape index (κ3) is 6.40. The molecule has 2 heteroatoms. The third-order valence-electron chi connectivity index (χ3n) is 14.3. The Morgan fingerprint density at radius 2 is 1.04 bits per heavy atom. The minimum atomic E-state index is 0.0531. The summed E-state index contributed by atoms with van der Waals surface area (Å²) in [5.74, 6) is 0.195. The Labute approximate surface area is 389 Å². The first-order chi connectivity index (χ1) is 33.1. The highest BCUT2D eigenvalue weighted by Crippen LogP contribution is 2.45. The molecule has 2 heterocycles. The van der Waals surface area contributed by atoms with Crippen LogP contribution in [0, 0.1) is 6.92 Å². The Hall–Kier alpha value is -8.46. The molecule has 2 atom stereocenters. The van der Waals surface area contributed by atoms with Gasteiger partial charge >= 0.3 is 0 Å². The highest BCUT2D eigenvalue weighted by Gasteiger charge is 2.33. The van der Waals surface area contributed by atoms with Gasteiger partial charge in [-0.1, -0.05) is 213 Å². The standard InChI is InChI=1S/C65H44N2/c1-40(42-14-4-3-5-15-42)24-25-43-26-29-45-34-37-60(66-64(45)41(43)2)48-33-36-54-53-35-32-47(38-58(53)51-18-6-7-19-52(51)59(54)39-48)44-27-30-46(31-28-44)65-63-56-21-11-9-17-50(56)49-16-8-10-20-55(49)62(63)57-22-12-13-23-61(57)67-65/h3-39,57,61H,1H2,2H3/b25-24-. The normalized spacial score (nSPS) is 15.5. The van der Waals surface area contributed by atoms with Crippen molar-refractivity contribution in [2.24, 2.45) is 4.99 Å². The molecule has 1 aliphatic heterocycles. The van der Waals surface area contributed by atoms with E-state index in [0.29, 0.717) is 0 Å². The Kier molecular flexibility index (Phi) is 9.08. The fourth-order valence-electron chi connectivity index (χ4n) is 10.9. The molecule has 0 amide bonds. The van der Waals surface area contributed by atoms with Crippen molar-refractivity contribution in [3.63, 3.8) is 0 Å². The first kappa shape index (κ1) is 39.0. The summed E-state index contributed by atoms with van der Waals surface area (Å²) in [6.07, 6.45) is 13.2. The van der Waals surface area contributed by atoms with E-state index >= 15 is 0 Å². The van der Waals surface area contributed by atoms with Crippen LogP contribution in [0.1, 0.15) is 39.3 Å². The van der Waals surface area contributed by atoms with E-state index in [1.807, 2.05) is 18.2 Å². The molecule has 10 aromatic carbocycles. The van der Waals surface area contributed by atoms with Gasteiger partial charge in [0.1, 0.15) is 0 Å². The number of fused-ring (bicyclic) bond motifs is 15. The van der Waals surface area contributed by atoms with E-state index in [1.165, 1.54) is 76.1 Å². The molecule has 0 N–H and O–H groups in total. The van der Waals surface area contributed by atoms with E-state index in [-0.39, 0.29) is 12.0 Å². The van der Waals surface area contributed by atoms with Crippen LogP contribution < -0.4 is 0 Å². The molecule has 2 nitrogen and oxygen atoms in total. The van der Waals surface area contributed by atoms with Crippen LogP contribution in [0.5, 0.6) is 0 Å². The smallest absolute Gasteiger partial charge is 0.0794 e. The van der Waals surface area contributed by atoms with Crippen LogP contribution in [0.4, 0.5) is 0 Å². The van der Waals surface area contributed by atoms with E-state index in [2.05, 4.69) is 220 Å². The van der Waals surface area contributed by atoms with Crippen molar-refractivity contribution in [2.75, 3.05) is 0 Å². The number of rotatable bonds is 6. The van der Waals surface area contributed by atoms with E-state index in [0.717, 1.165) is 55.7 Å². The van der Waals surface area contributed by atoms with Crippen LogP contribution in [0.25, 0.3) is 98.8 Å². The van der Waals surface area contributed by atoms with Crippen LogP contribution in [-0.4, -0.2) is 16.7 Å². The molecule has 0 radical (unpaired) electrons. The molecule has 0 spiro atoms. The number of hydrogen-bond donors (Lipinski definition) is 0. The maximum absolute atomic E-state index is 5.52. The SMILES string of the molecule is C=C(/C=C\c1ccc2ccc(-c3ccc4c5ccc(-c6ccc(C7=NC8C=CC=CC8c8c7c7ccccc7c7ccccc87)cc6)cc5c5ccccc5c4c3)nc2c1C)c1ccccc1. The van der Waals surface area contributed by atoms with Gasteiger partial charge in [0.2, 0.25) is 0 Å². The zero-order chi connectivity index (χ0) is 44.6. The molecule has 0 bridgehead atoms. The number of aryl methyl sites for hydroxylation is 1. The number of aliphatic imine (C=N–C) groups is 1. The predicted molar refractivity (Wildman–Crippen MR) is 286 cm³/mol. The molecule has 11 aromatic rings. The summed E-state index contributed by atoms with van der Waals surface area (Å²) in [5.41, 5.74) is 14.7. The predicted octanol–water partition coefficient (Wildman–Crippen LogP) is 16.8. The summed E-state index contributed by atoms with van der Waals surface area (Å²) < 4.78 is 0. The van der Waals surface area contributed by atoms with E-state index in [1.54, 1.807) is 0 Å². The molecule has 13 rings (SSSR count). The van der Waals surface area contributed by atoms with Gasteiger partial charge in [-0.25, -0.2) is 4.98 Å². The second-order valence-corrected chi connectivity index (χ2v) is 18.1. The molecule has 1 aliphatic carbocycles. The Morgan fingerprint density at radius 1 is 0.493 bits per heavy atom. The van der Waals surface area contributed by atoms with Gasteiger partial charge in [0.15, 0.2) is 0 Å². The first-order valence-electron chi connectivity index (χ1n) is 23.2. The quantitative estimate of drug-likeness (QED) is 0.121. The maximum Gasteiger partial charge on any atom is 0.0794 e. The molecule has 1 aromatic heterocycles. The second-order valence-electron chi connectivity index (χ2n) is 18.1. The Morgan fingerprint density at radius 3 is 1.78 bits per heavy atom. The molecular weight excluding hydrogens is 809 g/mol. The summed E-state index contributed by atoms with van der Waals surface area (Å²) in [4.78, 5) is 10.8. The largest absolute Gasteiger partial charge is 0.276 e. The number of nitrogens with zero attached hydrogens (tertiary/aromatic N) is 2. The van der Waals surface area contributed by atoms with Gasteiger partial charge in [0.25, 0.3) is 0 Å². The van der Waals surface area contributed by atoms with Crippen LogP contribution in [0.3, 0.4) is 0 Å². The highest BCUT2D eigenvalue weighted by molar-refractivity contribution is 6.28. The zero-order valence-electron chi connectivity index (χ0n) is 37.1. The average molecular weight is 853 g/mol. The molecule has 0 saturated carbocycles. The topological polar surface area (TPSA) is 25.2 Å². The molecule has 2 unspecified atom stereocenters. The highest BCUT2D eigenvalue weighted by atomic mass is 14.8. The molecule has 0 fully saturated rings. The minimum Gasteiger partial charge on any atom is -0.276 e. The van der Waals surface area contributed by atoms with Crippen LogP contribution in [0.15, 0.2) is 230 Å². The van der Waals surface area contributed by atoms with Crippen molar-refractivity contribution in [2.45, 2.75) is 18.9 Å². The van der Waals surface area contributed by atoms with E-state index in [4.69, 9.17) is 9.98 Å². The fraction of sp³-hybridized carbons (Fsp3) is 0.0462. The monoisotopic (exact) mass is 852 g/mol. The number of pyridine rings is 1. The lowest BCUT2D eigenvalue weighted by Gasteiger charge is -2.32. The van der Waals surface area contributed by atoms with Crippen LogP contribution in [-0.2, 0) is 0 Å². The lowest BCUT2D eigenvalue weighted by molar-refractivity contribution is 0.709. The fourth-order valence-corrected chi connectivity index (χ4v) is 10.9. The average Bonchev–Trinajstić information content (AvgIpc) is 3.40. The Balaban J connectivity index is 0.870. The zero-order valence-corrected chi connectivity index (χ0v) is 37.1. The number of benzene rings is 10. The third-order valence-corrected chi connectivity index (χ3v) is 14.3. The molecule has 2 aliphatic rings. The first-order valence-corrected chi connectivity index (χ1v) is 23.2. The second kappa shape index (κ2) is 15.6. The van der Waals surface area contributed by atoms with E-state index in [9.17, 15) is 0 Å². The van der Waals surface area contributed by atoms with Gasteiger partial charge in [-0.05, 0) is 118 Å². The number of aromatic nitrogens is 1. The van der Waals surface area contributed by atoms with E-state index < -0.39 is 0 Å². The molecule has 314 valence electrons. The van der Waals surface area contributed by atoms with Gasteiger partial charge < -0.3 is 0 Å². The summed E-state index contributed by atoms with van der Waals surface area (Å²) in [6.45, 7) is 6.47. The molecular formula is C65H44N2. The van der Waals surface area contributed by atoms with Crippen LogP contribution in [0.2, 0.25) is 0 Å². The molecule has 67 heavy (non-hydrogen) atoms. The van der Waals surface area contributed by atoms with Gasteiger partial charge in [0, 0.05) is 28.0 Å². The van der Waals surface area contributed by atoms with Gasteiger partial charge in [0.05, 0.1) is 23.0 Å². The van der Waals surface area contributed by atoms with Crippen molar-refractivity contribution >= 4 is 82.1 Å². The summed E-state index contributed by atoms with van der Waals surface area (Å²) in [7, 11) is 0. The van der Waals surface area contributed by atoms with Gasteiger partial charge in [-0.15, -0.1) is 0 Å². The molecule has 0 saturated heterocycles. The van der Waals surface area contributed by atoms with Crippen molar-refractivity contribution in [1.29, 1.82) is 0 Å². The lowest BCUT2D eigenvalue weighted by Crippen LogP contribution is -2.26. The van der Waals surface area contributed by atoms with Crippen molar-refractivity contribution in [3.8, 4) is 22.4 Å². The Bertz CT molecular complexity index is 3980. The summed E-state index contributed by atoms with van der Waals surface area (Å²) in [5, 5.41) is 13.7. The number of hydrogen-bond acceptors (Lipinski definition) is 2. The number of allylic oxidation sites excluding steroid dienone is 4. The van der Waals surface area contributed by atoms with Crippen LogP contribution >= 0.6 is 0 Å².